The number of carbonyl (C=O) groups is 1. The number of rotatable bonds is 8. The summed E-state index contributed by atoms with van der Waals surface area (Å²) in [7, 11) is -3.56. The SMILES string of the molecule is CCN(CC)S(=O)(=O)c1ccc(CNC(=O)c2ccc(OC(F)(F)F)cc2)s1. The monoisotopic (exact) mass is 436 g/mol. The second-order valence-corrected chi connectivity index (χ2v) is 8.90. The van der Waals surface area contributed by atoms with Crippen LogP contribution >= 0.6 is 11.3 Å². The first kappa shape index (κ1) is 22.2. The van der Waals surface area contributed by atoms with Crippen molar-refractivity contribution in [3.63, 3.8) is 0 Å². The van der Waals surface area contributed by atoms with Gasteiger partial charge in [0.1, 0.15) is 9.96 Å². The summed E-state index contributed by atoms with van der Waals surface area (Å²) in [6, 6.07) is 7.61. The molecule has 1 N–H and O–H groups in total. The molecule has 0 radical (unpaired) electrons. The van der Waals surface area contributed by atoms with E-state index in [1.165, 1.54) is 22.5 Å². The Kier molecular flexibility index (Phi) is 7.07. The van der Waals surface area contributed by atoms with E-state index in [4.69, 9.17) is 0 Å². The van der Waals surface area contributed by atoms with Gasteiger partial charge in [-0.3, -0.25) is 4.79 Å². The van der Waals surface area contributed by atoms with Crippen LogP contribution in [-0.4, -0.2) is 38.1 Å². The van der Waals surface area contributed by atoms with Crippen molar-refractivity contribution in [1.82, 2.24) is 9.62 Å². The molecule has 154 valence electrons. The molecule has 1 aromatic carbocycles. The average Bonchev–Trinajstić information content (AvgIpc) is 3.09. The highest BCUT2D eigenvalue weighted by atomic mass is 32.2. The largest absolute Gasteiger partial charge is 0.573 e. The summed E-state index contributed by atoms with van der Waals surface area (Å²) in [5.74, 6) is -0.923. The van der Waals surface area contributed by atoms with Crippen LogP contribution in [0, 0.1) is 0 Å². The Morgan fingerprint density at radius 3 is 2.25 bits per heavy atom. The molecule has 11 heteroatoms. The highest BCUT2D eigenvalue weighted by Gasteiger charge is 2.31. The number of amides is 1. The van der Waals surface area contributed by atoms with Crippen LogP contribution in [0.15, 0.2) is 40.6 Å². The fraction of sp³-hybridized carbons (Fsp3) is 0.353. The molecule has 1 heterocycles. The number of sulfonamides is 1. The van der Waals surface area contributed by atoms with Crippen molar-refractivity contribution >= 4 is 27.3 Å². The lowest BCUT2D eigenvalue weighted by molar-refractivity contribution is -0.274. The lowest BCUT2D eigenvalue weighted by atomic mass is 10.2. The van der Waals surface area contributed by atoms with Gasteiger partial charge in [0.2, 0.25) is 0 Å². The number of thiophene rings is 1. The molecule has 0 saturated carbocycles. The van der Waals surface area contributed by atoms with Crippen molar-refractivity contribution in [3.8, 4) is 5.75 Å². The van der Waals surface area contributed by atoms with Crippen LogP contribution in [0.2, 0.25) is 0 Å². The minimum Gasteiger partial charge on any atom is -0.406 e. The number of nitrogens with zero attached hydrogens (tertiary/aromatic N) is 1. The molecule has 2 rings (SSSR count). The van der Waals surface area contributed by atoms with Crippen molar-refractivity contribution < 1.29 is 31.1 Å². The first-order valence-electron chi connectivity index (χ1n) is 8.29. The van der Waals surface area contributed by atoms with Gasteiger partial charge in [0.25, 0.3) is 15.9 Å². The second-order valence-electron chi connectivity index (χ2n) is 5.56. The lowest BCUT2D eigenvalue weighted by Gasteiger charge is -2.16. The van der Waals surface area contributed by atoms with Gasteiger partial charge in [0.15, 0.2) is 0 Å². The van der Waals surface area contributed by atoms with E-state index >= 15 is 0 Å². The van der Waals surface area contributed by atoms with Crippen molar-refractivity contribution in [1.29, 1.82) is 0 Å². The smallest absolute Gasteiger partial charge is 0.406 e. The third-order valence-corrected chi connectivity index (χ3v) is 7.31. The highest BCUT2D eigenvalue weighted by molar-refractivity contribution is 7.91. The molecule has 0 aliphatic carbocycles. The summed E-state index contributed by atoms with van der Waals surface area (Å²) in [6.07, 6.45) is -4.80. The third kappa shape index (κ3) is 5.69. The molecule has 0 atom stereocenters. The van der Waals surface area contributed by atoms with Crippen molar-refractivity contribution in [3.05, 3.63) is 46.8 Å². The van der Waals surface area contributed by atoms with E-state index in [9.17, 15) is 26.4 Å². The van der Waals surface area contributed by atoms with Gasteiger partial charge in [-0.1, -0.05) is 13.8 Å². The molecule has 0 bridgehead atoms. The Balaban J connectivity index is 1.99. The number of benzene rings is 1. The van der Waals surface area contributed by atoms with Gasteiger partial charge in [0, 0.05) is 23.5 Å². The van der Waals surface area contributed by atoms with E-state index in [2.05, 4.69) is 10.1 Å². The predicted octanol–water partition coefficient (Wildman–Crippen LogP) is 3.61. The van der Waals surface area contributed by atoms with Crippen LogP contribution in [0.25, 0.3) is 0 Å². The maximum atomic E-state index is 12.5. The third-order valence-electron chi connectivity index (χ3n) is 3.71. The fourth-order valence-electron chi connectivity index (χ4n) is 2.36. The van der Waals surface area contributed by atoms with Crippen molar-refractivity contribution in [2.75, 3.05) is 13.1 Å². The van der Waals surface area contributed by atoms with Crippen LogP contribution < -0.4 is 10.1 Å². The van der Waals surface area contributed by atoms with E-state index in [1.54, 1.807) is 19.9 Å². The van der Waals surface area contributed by atoms with E-state index in [0.29, 0.717) is 18.0 Å². The molecular formula is C17H19F3N2O4S2. The maximum absolute atomic E-state index is 12.5. The van der Waals surface area contributed by atoms with Gasteiger partial charge in [-0.25, -0.2) is 8.42 Å². The zero-order valence-electron chi connectivity index (χ0n) is 15.1. The molecule has 0 aliphatic rings. The molecule has 6 nitrogen and oxygen atoms in total. The number of nitrogens with one attached hydrogen (secondary N) is 1. The summed E-state index contributed by atoms with van der Waals surface area (Å²) in [4.78, 5) is 12.8. The van der Waals surface area contributed by atoms with E-state index in [1.807, 2.05) is 0 Å². The first-order chi connectivity index (χ1) is 13.1. The van der Waals surface area contributed by atoms with E-state index in [0.717, 1.165) is 23.5 Å². The summed E-state index contributed by atoms with van der Waals surface area (Å²) >= 11 is 1.06. The Bertz CT molecular complexity index is 905. The predicted molar refractivity (Wildman–Crippen MR) is 98.7 cm³/mol. The molecule has 1 amide bonds. The molecule has 2 aromatic rings. The number of halogens is 3. The topological polar surface area (TPSA) is 75.7 Å². The quantitative estimate of drug-likeness (QED) is 0.686. The minimum absolute atomic E-state index is 0.0953. The number of hydrogen-bond acceptors (Lipinski definition) is 5. The average molecular weight is 436 g/mol. The molecule has 0 fully saturated rings. The van der Waals surface area contributed by atoms with Crippen LogP contribution in [-0.2, 0) is 16.6 Å². The number of hydrogen-bond donors (Lipinski definition) is 1. The standard InChI is InChI=1S/C17H19F3N2O4S2/c1-3-22(4-2)28(24,25)15-10-9-14(27-15)11-21-16(23)12-5-7-13(8-6-12)26-17(18,19)20/h5-10H,3-4,11H2,1-2H3,(H,21,23). The zero-order valence-corrected chi connectivity index (χ0v) is 16.7. The lowest BCUT2D eigenvalue weighted by Crippen LogP contribution is -2.30. The molecule has 0 unspecified atom stereocenters. The molecular weight excluding hydrogens is 417 g/mol. The van der Waals surface area contributed by atoms with E-state index in [-0.39, 0.29) is 16.3 Å². The summed E-state index contributed by atoms with van der Waals surface area (Å²) in [6.45, 7) is 4.31. The second kappa shape index (κ2) is 8.93. The van der Waals surface area contributed by atoms with Crippen LogP contribution in [0.3, 0.4) is 0 Å². The zero-order chi connectivity index (χ0) is 20.9. The highest BCUT2D eigenvalue weighted by Crippen LogP contribution is 2.25. The van der Waals surface area contributed by atoms with Crippen LogP contribution in [0.4, 0.5) is 13.2 Å². The van der Waals surface area contributed by atoms with Gasteiger partial charge in [-0.15, -0.1) is 24.5 Å². The van der Waals surface area contributed by atoms with Crippen LogP contribution in [0.1, 0.15) is 29.1 Å². The Morgan fingerprint density at radius 1 is 1.11 bits per heavy atom. The summed E-state index contributed by atoms with van der Waals surface area (Å²) in [5, 5.41) is 2.60. The summed E-state index contributed by atoms with van der Waals surface area (Å²) < 4.78 is 66.6. The maximum Gasteiger partial charge on any atom is 0.573 e. The fourth-order valence-corrected chi connectivity index (χ4v) is 5.27. The van der Waals surface area contributed by atoms with Gasteiger partial charge >= 0.3 is 6.36 Å². The van der Waals surface area contributed by atoms with Gasteiger partial charge in [-0.2, -0.15) is 4.31 Å². The first-order valence-corrected chi connectivity index (χ1v) is 10.5. The van der Waals surface area contributed by atoms with Gasteiger partial charge < -0.3 is 10.1 Å². The normalized spacial score (nSPS) is 12.2. The molecule has 28 heavy (non-hydrogen) atoms. The molecule has 1 aromatic heterocycles. The van der Waals surface area contributed by atoms with Crippen molar-refractivity contribution in [2.24, 2.45) is 0 Å². The number of carbonyl (C=O) groups excluding carboxylic acids is 1. The summed E-state index contributed by atoms with van der Waals surface area (Å²) in [5.41, 5.74) is 0.155. The molecule has 0 spiro atoms. The Morgan fingerprint density at radius 2 is 1.71 bits per heavy atom. The Labute approximate surface area is 165 Å². The molecule has 0 saturated heterocycles. The minimum atomic E-state index is -4.80. The van der Waals surface area contributed by atoms with E-state index < -0.39 is 28.0 Å². The number of alkyl halides is 3. The van der Waals surface area contributed by atoms with Crippen molar-refractivity contribution in [2.45, 2.75) is 31.0 Å². The Hall–Kier alpha value is -2.11. The van der Waals surface area contributed by atoms with Crippen LogP contribution in [0.5, 0.6) is 5.75 Å². The van der Waals surface area contributed by atoms with Gasteiger partial charge in [-0.05, 0) is 36.4 Å². The van der Waals surface area contributed by atoms with Gasteiger partial charge in [0.05, 0.1) is 6.54 Å². The number of ether oxygens (including phenoxy) is 1. The molecule has 0 aliphatic heterocycles.